The molecule has 0 aliphatic carbocycles. The molecule has 0 bridgehead atoms. The molecular weight excluding hydrogens is 432 g/mol. The molecule has 9 heteroatoms. The van der Waals surface area contributed by atoms with Gasteiger partial charge in [0, 0.05) is 68.3 Å². The summed E-state index contributed by atoms with van der Waals surface area (Å²) in [6.45, 7) is 4.97. The van der Waals surface area contributed by atoms with Crippen molar-refractivity contribution in [2.45, 2.75) is 12.8 Å². The van der Waals surface area contributed by atoms with E-state index in [1.54, 1.807) is 11.3 Å². The number of carbonyl (C=O) groups is 1. The minimum absolute atomic E-state index is 0.107. The molecular formula is C22H25ClN6OS. The first kappa shape index (κ1) is 20.3. The zero-order chi connectivity index (χ0) is 21.2. The van der Waals surface area contributed by atoms with Crippen LogP contribution in [0.4, 0.5) is 10.8 Å². The highest BCUT2D eigenvalue weighted by Crippen LogP contribution is 2.29. The topological polar surface area (TPSA) is 57.5 Å². The van der Waals surface area contributed by atoms with Crippen molar-refractivity contribution in [2.75, 3.05) is 49.1 Å². The van der Waals surface area contributed by atoms with Gasteiger partial charge in [0.1, 0.15) is 0 Å². The maximum Gasteiger partial charge on any atom is 0.225 e. The lowest BCUT2D eigenvalue weighted by molar-refractivity contribution is -0.136. The van der Waals surface area contributed by atoms with Gasteiger partial charge in [-0.3, -0.25) is 9.36 Å². The van der Waals surface area contributed by atoms with Crippen molar-refractivity contribution in [1.82, 2.24) is 19.7 Å². The van der Waals surface area contributed by atoms with E-state index in [0.29, 0.717) is 5.91 Å². The summed E-state index contributed by atoms with van der Waals surface area (Å²) < 4.78 is 1.97. The summed E-state index contributed by atoms with van der Waals surface area (Å²) in [4.78, 5) is 19.7. The summed E-state index contributed by atoms with van der Waals surface area (Å²) in [5, 5.41) is 11.2. The second kappa shape index (κ2) is 8.88. The number of rotatable bonds is 4. The van der Waals surface area contributed by atoms with Gasteiger partial charge in [0.25, 0.3) is 0 Å². The summed E-state index contributed by atoms with van der Waals surface area (Å²) in [6, 6.07) is 11.9. The molecule has 2 fully saturated rings. The normalized spacial score (nSPS) is 17.9. The number of nitrogens with zero attached hydrogens (tertiary/aromatic N) is 6. The van der Waals surface area contributed by atoms with Crippen LogP contribution >= 0.6 is 22.9 Å². The van der Waals surface area contributed by atoms with E-state index >= 15 is 0 Å². The van der Waals surface area contributed by atoms with Crippen molar-refractivity contribution in [3.05, 3.63) is 53.8 Å². The van der Waals surface area contributed by atoms with Gasteiger partial charge in [-0.05, 0) is 49.2 Å². The van der Waals surface area contributed by atoms with Gasteiger partial charge in [-0.25, -0.2) is 0 Å². The first-order valence-corrected chi connectivity index (χ1v) is 11.9. The van der Waals surface area contributed by atoms with Crippen LogP contribution in [0.25, 0.3) is 5.13 Å². The molecule has 2 aromatic heterocycles. The number of amides is 1. The number of anilines is 2. The first-order chi connectivity index (χ1) is 15.2. The lowest BCUT2D eigenvalue weighted by Gasteiger charge is -2.39. The molecule has 4 heterocycles. The molecule has 1 aromatic carbocycles. The average Bonchev–Trinajstić information content (AvgIpc) is 3.52. The summed E-state index contributed by atoms with van der Waals surface area (Å²) in [5.41, 5.74) is 1.17. The highest BCUT2D eigenvalue weighted by atomic mass is 35.5. The molecule has 162 valence electrons. The quantitative estimate of drug-likeness (QED) is 0.601. The minimum Gasteiger partial charge on any atom is -0.368 e. The summed E-state index contributed by atoms with van der Waals surface area (Å²) >= 11 is 7.58. The Bertz CT molecular complexity index is 1010. The Hall–Kier alpha value is -2.58. The van der Waals surface area contributed by atoms with Crippen LogP contribution in [0.2, 0.25) is 5.02 Å². The van der Waals surface area contributed by atoms with Crippen LogP contribution in [-0.4, -0.2) is 64.8 Å². The Morgan fingerprint density at radius 2 is 1.52 bits per heavy atom. The van der Waals surface area contributed by atoms with Crippen LogP contribution in [0.1, 0.15) is 12.8 Å². The Balaban J connectivity index is 1.12. The highest BCUT2D eigenvalue weighted by molar-refractivity contribution is 7.17. The molecule has 0 spiro atoms. The maximum atomic E-state index is 13.1. The van der Waals surface area contributed by atoms with Crippen molar-refractivity contribution in [3.63, 3.8) is 0 Å². The average molecular weight is 457 g/mol. The van der Waals surface area contributed by atoms with E-state index in [2.05, 4.69) is 20.0 Å². The molecule has 0 unspecified atom stereocenters. The van der Waals surface area contributed by atoms with E-state index < -0.39 is 0 Å². The molecule has 2 aliphatic rings. The number of aromatic nitrogens is 3. The van der Waals surface area contributed by atoms with Crippen LogP contribution in [0.5, 0.6) is 0 Å². The fraction of sp³-hybridized carbons (Fsp3) is 0.409. The third kappa shape index (κ3) is 4.41. The van der Waals surface area contributed by atoms with Crippen LogP contribution < -0.4 is 9.80 Å². The van der Waals surface area contributed by atoms with Gasteiger partial charge >= 0.3 is 0 Å². The largest absolute Gasteiger partial charge is 0.368 e. The van der Waals surface area contributed by atoms with Crippen molar-refractivity contribution in [3.8, 4) is 5.13 Å². The lowest BCUT2D eigenvalue weighted by Crippen LogP contribution is -2.51. The second-order valence-electron chi connectivity index (χ2n) is 8.01. The smallest absolute Gasteiger partial charge is 0.225 e. The molecule has 0 saturated carbocycles. The number of hydrogen-bond acceptors (Lipinski definition) is 6. The third-order valence-corrected chi connectivity index (χ3v) is 7.38. The monoisotopic (exact) mass is 456 g/mol. The van der Waals surface area contributed by atoms with Gasteiger partial charge < -0.3 is 14.7 Å². The van der Waals surface area contributed by atoms with Gasteiger partial charge in [0.05, 0.1) is 0 Å². The zero-order valence-corrected chi connectivity index (χ0v) is 18.8. The summed E-state index contributed by atoms with van der Waals surface area (Å²) in [5.74, 6) is 0.413. The van der Waals surface area contributed by atoms with E-state index in [0.717, 1.165) is 67.4 Å². The Kier molecular flexibility index (Phi) is 5.82. The van der Waals surface area contributed by atoms with Gasteiger partial charge in [-0.2, -0.15) is 0 Å². The number of carbonyl (C=O) groups excluding carboxylic acids is 1. The molecule has 2 aliphatic heterocycles. The molecule has 2 saturated heterocycles. The first-order valence-electron chi connectivity index (χ1n) is 10.7. The van der Waals surface area contributed by atoms with E-state index in [-0.39, 0.29) is 5.92 Å². The zero-order valence-electron chi connectivity index (χ0n) is 17.2. The second-order valence-corrected chi connectivity index (χ2v) is 9.38. The minimum atomic E-state index is 0.107. The molecule has 0 atom stereocenters. The van der Waals surface area contributed by atoms with E-state index in [9.17, 15) is 4.79 Å². The number of halogens is 1. The van der Waals surface area contributed by atoms with Crippen molar-refractivity contribution in [1.29, 1.82) is 0 Å². The van der Waals surface area contributed by atoms with Crippen molar-refractivity contribution < 1.29 is 4.79 Å². The van der Waals surface area contributed by atoms with Crippen LogP contribution in [0.3, 0.4) is 0 Å². The molecule has 31 heavy (non-hydrogen) atoms. The van der Waals surface area contributed by atoms with Crippen molar-refractivity contribution in [2.24, 2.45) is 5.92 Å². The van der Waals surface area contributed by atoms with E-state index in [1.165, 1.54) is 5.69 Å². The summed E-state index contributed by atoms with van der Waals surface area (Å²) in [6.07, 6.45) is 5.69. The molecule has 0 radical (unpaired) electrons. The molecule has 3 aromatic rings. The fourth-order valence-electron chi connectivity index (χ4n) is 4.32. The Morgan fingerprint density at radius 1 is 0.871 bits per heavy atom. The van der Waals surface area contributed by atoms with E-state index in [1.807, 2.05) is 58.3 Å². The van der Waals surface area contributed by atoms with Crippen LogP contribution in [0.15, 0.2) is 48.8 Å². The molecule has 1 amide bonds. The SMILES string of the molecule is O=C(C1CCN(c2nnc(-n3cccc3)s2)CC1)N1CCN(c2ccc(Cl)cc2)CC1. The molecule has 0 N–H and O–H groups in total. The van der Waals surface area contributed by atoms with Gasteiger partial charge in [0.2, 0.25) is 16.2 Å². The number of piperazine rings is 1. The molecule has 7 nitrogen and oxygen atoms in total. The summed E-state index contributed by atoms with van der Waals surface area (Å²) in [7, 11) is 0. The predicted octanol–water partition coefficient (Wildman–Crippen LogP) is 3.55. The van der Waals surface area contributed by atoms with Crippen LogP contribution in [-0.2, 0) is 4.79 Å². The Morgan fingerprint density at radius 3 is 2.19 bits per heavy atom. The van der Waals surface area contributed by atoms with E-state index in [4.69, 9.17) is 11.6 Å². The van der Waals surface area contributed by atoms with Crippen molar-refractivity contribution >= 4 is 39.7 Å². The third-order valence-electron chi connectivity index (χ3n) is 6.13. The van der Waals surface area contributed by atoms with Gasteiger partial charge in [-0.1, -0.05) is 22.9 Å². The van der Waals surface area contributed by atoms with Gasteiger partial charge in [-0.15, -0.1) is 10.2 Å². The maximum absolute atomic E-state index is 13.1. The highest BCUT2D eigenvalue weighted by Gasteiger charge is 2.31. The predicted molar refractivity (Wildman–Crippen MR) is 124 cm³/mol. The Labute approximate surface area is 190 Å². The lowest BCUT2D eigenvalue weighted by atomic mass is 9.95. The molecule has 5 rings (SSSR count). The van der Waals surface area contributed by atoms with Crippen LogP contribution in [0, 0.1) is 5.92 Å². The fourth-order valence-corrected chi connectivity index (χ4v) is 5.31. The number of benzene rings is 1. The van der Waals surface area contributed by atoms with Gasteiger partial charge in [0.15, 0.2) is 0 Å². The standard InChI is InChI=1S/C22H25ClN6OS/c23-18-3-5-19(6-4-18)26-13-15-27(16-14-26)20(30)17-7-11-29(12-8-17)22-25-24-21(31-22)28-9-1-2-10-28/h1-6,9-10,17H,7-8,11-16H2. The number of piperidine rings is 1. The number of hydrogen-bond donors (Lipinski definition) is 0.